The maximum atomic E-state index is 13.2. The first-order valence-corrected chi connectivity index (χ1v) is 11.2. The summed E-state index contributed by atoms with van der Waals surface area (Å²) < 4.78 is 33.7. The molecule has 1 aliphatic heterocycles. The molecule has 0 aliphatic carbocycles. The van der Waals surface area contributed by atoms with Gasteiger partial charge in [0.15, 0.2) is 5.69 Å². The van der Waals surface area contributed by atoms with Gasteiger partial charge in [-0.05, 0) is 18.6 Å². The highest BCUT2D eigenvalue weighted by atomic mass is 32.2. The monoisotopic (exact) mass is 434 g/mol. The fraction of sp³-hybridized carbons (Fsp3) is 0.450. The van der Waals surface area contributed by atoms with E-state index in [1.807, 2.05) is 0 Å². The minimum atomic E-state index is -3.98. The van der Waals surface area contributed by atoms with Crippen molar-refractivity contribution < 1.29 is 22.7 Å². The lowest BCUT2D eigenvalue weighted by Crippen LogP contribution is -2.36. The Kier molecular flexibility index (Phi) is 6.57. The molecular formula is C20H26N4O5S. The summed E-state index contributed by atoms with van der Waals surface area (Å²) in [5, 5.41) is 0. The van der Waals surface area contributed by atoms with Gasteiger partial charge in [-0.1, -0.05) is 31.9 Å². The van der Waals surface area contributed by atoms with Gasteiger partial charge in [0.2, 0.25) is 10.0 Å². The van der Waals surface area contributed by atoms with E-state index < -0.39 is 22.5 Å². The zero-order chi connectivity index (χ0) is 21.9. The second kappa shape index (κ2) is 8.97. The van der Waals surface area contributed by atoms with E-state index in [1.54, 1.807) is 34.7 Å². The van der Waals surface area contributed by atoms with Gasteiger partial charge in [0.1, 0.15) is 17.8 Å². The molecule has 162 valence electrons. The topological polar surface area (TPSA) is 102 Å². The van der Waals surface area contributed by atoms with Crippen LogP contribution in [0.15, 0.2) is 35.5 Å². The smallest absolute Gasteiger partial charge is 0.321 e. The van der Waals surface area contributed by atoms with Crippen molar-refractivity contribution in [2.24, 2.45) is 0 Å². The number of carbonyl (C=O) groups is 2. The molecule has 1 aromatic carbocycles. The number of hydrogen-bond donors (Lipinski definition) is 0. The van der Waals surface area contributed by atoms with Crippen LogP contribution in [-0.2, 0) is 26.1 Å². The Balaban J connectivity index is 2.06. The third kappa shape index (κ3) is 4.10. The summed E-state index contributed by atoms with van der Waals surface area (Å²) >= 11 is 0. The first-order valence-electron chi connectivity index (χ1n) is 9.79. The first-order chi connectivity index (χ1) is 14.3. The molecule has 0 spiro atoms. The number of fused-ring (bicyclic) bond motifs is 3. The maximum absolute atomic E-state index is 13.2. The van der Waals surface area contributed by atoms with E-state index in [4.69, 9.17) is 0 Å². The van der Waals surface area contributed by atoms with Gasteiger partial charge in [0.25, 0.3) is 5.91 Å². The second-order valence-electron chi connectivity index (χ2n) is 7.16. The van der Waals surface area contributed by atoms with Gasteiger partial charge >= 0.3 is 5.97 Å². The van der Waals surface area contributed by atoms with E-state index >= 15 is 0 Å². The minimum Gasteiger partial charge on any atom is -0.468 e. The second-order valence-corrected chi connectivity index (χ2v) is 9.07. The van der Waals surface area contributed by atoms with Crippen LogP contribution in [0.2, 0.25) is 0 Å². The van der Waals surface area contributed by atoms with Crippen LogP contribution < -0.4 is 0 Å². The molecule has 0 radical (unpaired) electrons. The predicted octanol–water partition coefficient (Wildman–Crippen LogP) is 1.81. The van der Waals surface area contributed by atoms with E-state index in [-0.39, 0.29) is 23.0 Å². The Bertz CT molecular complexity index is 1050. The molecule has 0 bridgehead atoms. The molecule has 0 N–H and O–H groups in total. The van der Waals surface area contributed by atoms with Crippen molar-refractivity contribution in [1.82, 2.24) is 18.8 Å². The molecule has 2 heterocycles. The van der Waals surface area contributed by atoms with Gasteiger partial charge in [-0.2, -0.15) is 4.31 Å². The number of rotatable bonds is 7. The zero-order valence-corrected chi connectivity index (χ0v) is 18.2. The Morgan fingerprint density at radius 3 is 2.67 bits per heavy atom. The van der Waals surface area contributed by atoms with Gasteiger partial charge in [0, 0.05) is 13.6 Å². The van der Waals surface area contributed by atoms with Crippen LogP contribution in [0.3, 0.4) is 0 Å². The number of methoxy groups -OCH3 is 1. The quantitative estimate of drug-likeness (QED) is 0.487. The van der Waals surface area contributed by atoms with Gasteiger partial charge in [-0.3, -0.25) is 14.2 Å². The number of sulfonamides is 1. The molecule has 1 aromatic heterocycles. The SMILES string of the molecule is CCCCCN(C)C(=O)c1ncn2c1CN(CC(=O)OC)S(=O)(=O)c1ccccc1-2. The summed E-state index contributed by atoms with van der Waals surface area (Å²) in [7, 11) is -1.08. The number of unbranched alkanes of at least 4 members (excludes halogenated alkanes) is 2. The van der Waals surface area contributed by atoms with E-state index in [2.05, 4.69) is 16.6 Å². The lowest BCUT2D eigenvalue weighted by atomic mass is 10.2. The number of imidazole rings is 1. The third-order valence-corrected chi connectivity index (χ3v) is 6.95. The largest absolute Gasteiger partial charge is 0.468 e. The van der Waals surface area contributed by atoms with Crippen molar-refractivity contribution >= 4 is 21.9 Å². The van der Waals surface area contributed by atoms with E-state index in [1.165, 1.54) is 19.5 Å². The highest BCUT2D eigenvalue weighted by Crippen LogP contribution is 2.31. The van der Waals surface area contributed by atoms with Gasteiger partial charge < -0.3 is 9.64 Å². The normalized spacial score (nSPS) is 15.0. The number of para-hydroxylation sites is 1. The average molecular weight is 435 g/mol. The van der Waals surface area contributed by atoms with Crippen LogP contribution in [0, 0.1) is 0 Å². The fourth-order valence-electron chi connectivity index (χ4n) is 3.41. The molecule has 1 amide bonds. The van der Waals surface area contributed by atoms with Crippen molar-refractivity contribution in [2.45, 2.75) is 37.6 Å². The van der Waals surface area contributed by atoms with Crippen molar-refractivity contribution in [2.75, 3.05) is 27.2 Å². The van der Waals surface area contributed by atoms with E-state index in [0.29, 0.717) is 17.9 Å². The number of hydrogen-bond acceptors (Lipinski definition) is 6. The molecule has 1 aliphatic rings. The molecule has 0 saturated heterocycles. The summed E-state index contributed by atoms with van der Waals surface area (Å²) in [5.41, 5.74) is 0.982. The molecule has 3 rings (SSSR count). The maximum Gasteiger partial charge on any atom is 0.321 e. The Hall–Kier alpha value is -2.72. The van der Waals surface area contributed by atoms with Gasteiger partial charge in [-0.15, -0.1) is 0 Å². The standard InChI is InChI=1S/C20H26N4O5S/c1-4-5-8-11-22(2)20(26)19-16-12-23(13-18(25)29-3)30(27,28)17-10-7-6-9-15(17)24(16)14-21-19/h6-7,9-10,14H,4-5,8,11-13H2,1-3H3. The lowest BCUT2D eigenvalue weighted by Gasteiger charge is -2.20. The van der Waals surface area contributed by atoms with Crippen LogP contribution in [-0.4, -0.2) is 66.3 Å². The first kappa shape index (κ1) is 22.0. The average Bonchev–Trinajstić information content (AvgIpc) is 3.12. The van der Waals surface area contributed by atoms with Crippen molar-refractivity contribution in [3.05, 3.63) is 42.0 Å². The zero-order valence-electron chi connectivity index (χ0n) is 17.4. The highest BCUT2D eigenvalue weighted by Gasteiger charge is 2.36. The number of nitrogens with zero attached hydrogens (tertiary/aromatic N) is 4. The van der Waals surface area contributed by atoms with Crippen LogP contribution in [0.5, 0.6) is 0 Å². The summed E-state index contributed by atoms with van der Waals surface area (Å²) in [6, 6.07) is 6.45. The van der Waals surface area contributed by atoms with Crippen LogP contribution in [0.25, 0.3) is 5.69 Å². The Labute approximate surface area is 176 Å². The summed E-state index contributed by atoms with van der Waals surface area (Å²) in [4.78, 5) is 30.9. The molecule has 0 unspecified atom stereocenters. The fourth-order valence-corrected chi connectivity index (χ4v) is 4.93. The van der Waals surface area contributed by atoms with Crippen LogP contribution >= 0.6 is 0 Å². The molecule has 10 heteroatoms. The molecule has 0 saturated carbocycles. The molecular weight excluding hydrogens is 408 g/mol. The van der Waals surface area contributed by atoms with E-state index in [9.17, 15) is 18.0 Å². The van der Waals surface area contributed by atoms with Gasteiger partial charge in [-0.25, -0.2) is 13.4 Å². The predicted molar refractivity (Wildman–Crippen MR) is 110 cm³/mol. The number of amides is 1. The Morgan fingerprint density at radius 2 is 1.97 bits per heavy atom. The summed E-state index contributed by atoms with van der Waals surface area (Å²) in [5.74, 6) is -0.969. The molecule has 0 fully saturated rings. The van der Waals surface area contributed by atoms with Crippen molar-refractivity contribution in [1.29, 1.82) is 0 Å². The molecule has 0 atom stereocenters. The molecule has 9 nitrogen and oxygen atoms in total. The number of esters is 1. The number of aromatic nitrogens is 2. The molecule has 2 aromatic rings. The number of carbonyl (C=O) groups excluding carboxylic acids is 2. The number of ether oxygens (including phenoxy) is 1. The molecule has 30 heavy (non-hydrogen) atoms. The lowest BCUT2D eigenvalue weighted by molar-refractivity contribution is -0.140. The summed E-state index contributed by atoms with van der Waals surface area (Å²) in [6.45, 7) is 2.04. The highest BCUT2D eigenvalue weighted by molar-refractivity contribution is 7.89. The van der Waals surface area contributed by atoms with Crippen molar-refractivity contribution in [3.8, 4) is 5.69 Å². The Morgan fingerprint density at radius 1 is 1.23 bits per heavy atom. The van der Waals surface area contributed by atoms with Crippen LogP contribution in [0.4, 0.5) is 0 Å². The number of benzene rings is 1. The summed E-state index contributed by atoms with van der Waals surface area (Å²) in [6.07, 6.45) is 4.38. The van der Waals surface area contributed by atoms with E-state index in [0.717, 1.165) is 23.6 Å². The van der Waals surface area contributed by atoms with Gasteiger partial charge in [0.05, 0.1) is 25.0 Å². The van der Waals surface area contributed by atoms with Crippen molar-refractivity contribution in [3.63, 3.8) is 0 Å². The third-order valence-electron chi connectivity index (χ3n) is 5.11. The van der Waals surface area contributed by atoms with Crippen LogP contribution in [0.1, 0.15) is 42.4 Å². The minimum absolute atomic E-state index is 0.0420.